The number of nitrogens with one attached hydrogen (secondary N) is 1. The van der Waals surface area contributed by atoms with Crippen LogP contribution in [0.4, 0.5) is 9.18 Å². The van der Waals surface area contributed by atoms with Crippen molar-refractivity contribution in [2.75, 3.05) is 0 Å². The highest BCUT2D eigenvalue weighted by Crippen LogP contribution is 2.35. The predicted molar refractivity (Wildman–Crippen MR) is 110 cm³/mol. The smallest absolute Gasteiger partial charge is 0.336 e. The molecule has 1 N–H and O–H groups in total. The highest BCUT2D eigenvalue weighted by atomic mass is 35.5. The molecule has 1 fully saturated rings. The van der Waals surface area contributed by atoms with Crippen LogP contribution < -0.4 is 10.9 Å². The van der Waals surface area contributed by atoms with Crippen LogP contribution in [0.5, 0.6) is 0 Å². The molecule has 154 valence electrons. The van der Waals surface area contributed by atoms with Gasteiger partial charge in [-0.05, 0) is 61.7 Å². The van der Waals surface area contributed by atoms with Crippen molar-refractivity contribution in [3.8, 4) is 0 Å². The fourth-order valence-corrected chi connectivity index (χ4v) is 4.06. The first-order valence-corrected chi connectivity index (χ1v) is 9.61. The van der Waals surface area contributed by atoms with Gasteiger partial charge >= 0.3 is 11.7 Å². The Labute approximate surface area is 176 Å². The first-order valence-electron chi connectivity index (χ1n) is 9.24. The van der Waals surface area contributed by atoms with Crippen molar-refractivity contribution < 1.29 is 18.4 Å². The average molecular weight is 429 g/mol. The maximum atomic E-state index is 13.4. The monoisotopic (exact) mass is 428 g/mol. The third kappa shape index (κ3) is 3.15. The Hall–Kier alpha value is -3.19. The lowest BCUT2D eigenvalue weighted by Gasteiger charge is -2.23. The molecule has 0 saturated carbocycles. The first-order chi connectivity index (χ1) is 14.1. The van der Waals surface area contributed by atoms with E-state index in [1.807, 2.05) is 19.9 Å². The van der Waals surface area contributed by atoms with Gasteiger partial charge in [-0.1, -0.05) is 17.7 Å². The molecule has 2 heterocycles. The lowest BCUT2D eigenvalue weighted by molar-refractivity contribution is -0.131. The summed E-state index contributed by atoms with van der Waals surface area (Å²) < 4.78 is 18.7. The number of rotatable bonds is 3. The van der Waals surface area contributed by atoms with Crippen LogP contribution in [0.15, 0.2) is 45.6 Å². The molecule has 4 rings (SSSR count). The number of urea groups is 1. The lowest BCUT2D eigenvalue weighted by Crippen LogP contribution is -2.41. The summed E-state index contributed by atoms with van der Waals surface area (Å²) in [6.45, 7) is 5.21. The fraction of sp³-hybridized carbons (Fsp3) is 0.227. The molecule has 0 bridgehead atoms. The summed E-state index contributed by atoms with van der Waals surface area (Å²) >= 11 is 6.14. The second-order valence-corrected chi connectivity index (χ2v) is 8.00. The molecule has 1 aliphatic heterocycles. The maximum absolute atomic E-state index is 13.4. The van der Waals surface area contributed by atoms with E-state index >= 15 is 0 Å². The zero-order chi connectivity index (χ0) is 21.8. The molecule has 2 aromatic carbocycles. The maximum Gasteiger partial charge on any atom is 0.336 e. The van der Waals surface area contributed by atoms with Gasteiger partial charge in [0.25, 0.3) is 5.91 Å². The molecule has 30 heavy (non-hydrogen) atoms. The van der Waals surface area contributed by atoms with E-state index in [9.17, 15) is 18.8 Å². The number of carbonyl (C=O) groups is 2. The normalized spacial score (nSPS) is 18.9. The zero-order valence-electron chi connectivity index (χ0n) is 16.5. The van der Waals surface area contributed by atoms with Crippen LogP contribution in [0, 0.1) is 19.7 Å². The summed E-state index contributed by atoms with van der Waals surface area (Å²) in [6, 6.07) is 7.89. The summed E-state index contributed by atoms with van der Waals surface area (Å²) in [5.74, 6) is -1.10. The second kappa shape index (κ2) is 6.95. The van der Waals surface area contributed by atoms with Crippen LogP contribution in [0.1, 0.15) is 29.2 Å². The summed E-state index contributed by atoms with van der Waals surface area (Å²) in [7, 11) is 0. The number of aryl methyl sites for hydroxylation is 2. The number of nitrogens with zero attached hydrogens (tertiary/aromatic N) is 1. The Balaban J connectivity index is 1.76. The van der Waals surface area contributed by atoms with Gasteiger partial charge in [-0.3, -0.25) is 9.69 Å². The quantitative estimate of drug-likeness (QED) is 0.501. The third-order valence-electron chi connectivity index (χ3n) is 5.52. The molecule has 3 amide bonds. The van der Waals surface area contributed by atoms with Gasteiger partial charge in [0.2, 0.25) is 0 Å². The van der Waals surface area contributed by atoms with Crippen LogP contribution >= 0.6 is 11.6 Å². The fourth-order valence-electron chi connectivity index (χ4n) is 3.70. The van der Waals surface area contributed by atoms with E-state index in [2.05, 4.69) is 5.32 Å². The zero-order valence-corrected chi connectivity index (χ0v) is 17.3. The number of hydrogen-bond donors (Lipinski definition) is 1. The Kier molecular flexibility index (Phi) is 4.66. The van der Waals surface area contributed by atoms with E-state index in [0.717, 1.165) is 22.1 Å². The standard InChI is InChI=1S/C22H18ClFN2O4/c1-11-6-15-13(8-19(27)30-18(15)7-12(11)2)10-26-20(28)22(3,25-21(26)29)16-5-4-14(24)9-17(16)23/h4-9H,10H2,1-3H3,(H,25,29). The molecule has 1 unspecified atom stereocenters. The second-order valence-electron chi connectivity index (χ2n) is 7.59. The van der Waals surface area contributed by atoms with Gasteiger partial charge in [0.05, 0.1) is 6.54 Å². The van der Waals surface area contributed by atoms with Crippen molar-refractivity contribution in [1.82, 2.24) is 10.2 Å². The summed E-state index contributed by atoms with van der Waals surface area (Å²) in [4.78, 5) is 38.9. The number of halogens is 2. The average Bonchev–Trinajstić information content (AvgIpc) is 2.87. The van der Waals surface area contributed by atoms with Crippen LogP contribution in [-0.4, -0.2) is 16.8 Å². The van der Waals surface area contributed by atoms with E-state index in [4.69, 9.17) is 16.0 Å². The van der Waals surface area contributed by atoms with E-state index in [1.165, 1.54) is 25.1 Å². The highest BCUT2D eigenvalue weighted by molar-refractivity contribution is 6.32. The summed E-state index contributed by atoms with van der Waals surface area (Å²) in [5.41, 5.74) is 1.07. The molecule has 1 atom stereocenters. The number of fused-ring (bicyclic) bond motifs is 1. The number of carbonyl (C=O) groups excluding carboxylic acids is 2. The Morgan fingerprint density at radius 2 is 1.80 bits per heavy atom. The summed E-state index contributed by atoms with van der Waals surface area (Å²) in [5, 5.41) is 3.32. The Morgan fingerprint density at radius 3 is 2.50 bits per heavy atom. The molecule has 0 radical (unpaired) electrons. The van der Waals surface area contributed by atoms with E-state index in [1.54, 1.807) is 6.07 Å². The van der Waals surface area contributed by atoms with E-state index < -0.39 is 28.9 Å². The van der Waals surface area contributed by atoms with Crippen LogP contribution in [-0.2, 0) is 16.9 Å². The number of hydrogen-bond acceptors (Lipinski definition) is 4. The van der Waals surface area contributed by atoms with Gasteiger partial charge in [0, 0.05) is 22.0 Å². The predicted octanol–water partition coefficient (Wildman–Crippen LogP) is 4.17. The van der Waals surface area contributed by atoms with E-state index in [-0.39, 0.29) is 17.1 Å². The largest absolute Gasteiger partial charge is 0.423 e. The summed E-state index contributed by atoms with van der Waals surface area (Å²) in [6.07, 6.45) is 0. The van der Waals surface area contributed by atoms with Gasteiger partial charge < -0.3 is 9.73 Å². The van der Waals surface area contributed by atoms with Crippen LogP contribution in [0.3, 0.4) is 0 Å². The molecule has 6 nitrogen and oxygen atoms in total. The minimum Gasteiger partial charge on any atom is -0.423 e. The number of benzene rings is 2. The molecule has 1 aromatic heterocycles. The van der Waals surface area contributed by atoms with Crippen LogP contribution in [0.2, 0.25) is 5.02 Å². The molecule has 0 spiro atoms. The molecular weight excluding hydrogens is 411 g/mol. The van der Waals surface area contributed by atoms with Crippen molar-refractivity contribution in [2.45, 2.75) is 32.9 Å². The number of imide groups is 1. The van der Waals surface area contributed by atoms with Gasteiger partial charge in [0.1, 0.15) is 16.9 Å². The van der Waals surface area contributed by atoms with Gasteiger partial charge in [-0.15, -0.1) is 0 Å². The topological polar surface area (TPSA) is 79.6 Å². The minimum atomic E-state index is -1.45. The van der Waals surface area contributed by atoms with Crippen LogP contribution in [0.25, 0.3) is 11.0 Å². The van der Waals surface area contributed by atoms with Crippen molar-refractivity contribution in [3.05, 3.63) is 79.9 Å². The molecule has 1 saturated heterocycles. The Morgan fingerprint density at radius 1 is 1.10 bits per heavy atom. The van der Waals surface area contributed by atoms with Crippen molar-refractivity contribution in [2.24, 2.45) is 0 Å². The van der Waals surface area contributed by atoms with Gasteiger partial charge in [-0.2, -0.15) is 0 Å². The van der Waals surface area contributed by atoms with Crippen molar-refractivity contribution in [3.63, 3.8) is 0 Å². The van der Waals surface area contributed by atoms with Crippen molar-refractivity contribution >= 4 is 34.5 Å². The number of amides is 3. The molecule has 1 aliphatic rings. The molecular formula is C22H18ClFN2O4. The molecule has 0 aliphatic carbocycles. The van der Waals surface area contributed by atoms with Crippen molar-refractivity contribution in [1.29, 1.82) is 0 Å². The van der Waals surface area contributed by atoms with E-state index in [0.29, 0.717) is 16.5 Å². The minimum absolute atomic E-state index is 0.0323. The van der Waals surface area contributed by atoms with Gasteiger partial charge in [0.15, 0.2) is 0 Å². The lowest BCUT2D eigenvalue weighted by atomic mass is 9.92. The first kappa shape index (κ1) is 20.1. The SMILES string of the molecule is Cc1cc2oc(=O)cc(CN3C(=O)NC(C)(c4ccc(F)cc4Cl)C3=O)c2cc1C. The molecule has 3 aromatic rings. The highest BCUT2D eigenvalue weighted by Gasteiger charge is 2.50. The molecule has 8 heteroatoms. The van der Waals surface area contributed by atoms with Gasteiger partial charge in [-0.25, -0.2) is 14.0 Å². The third-order valence-corrected chi connectivity index (χ3v) is 5.83. The Bertz CT molecular complexity index is 1290.